The van der Waals surface area contributed by atoms with Gasteiger partial charge in [-0.05, 0) is 80.9 Å². The summed E-state index contributed by atoms with van der Waals surface area (Å²) in [6.45, 7) is 12.4. The van der Waals surface area contributed by atoms with Crippen molar-refractivity contribution in [2.75, 3.05) is 7.11 Å². The zero-order valence-electron chi connectivity index (χ0n) is 17.9. The van der Waals surface area contributed by atoms with Gasteiger partial charge in [-0.3, -0.25) is 0 Å². The molecular weight excluding hydrogens is 351 g/mol. The molecule has 0 bridgehead atoms. The number of carbonyl (C=O) groups is 1. The summed E-state index contributed by atoms with van der Waals surface area (Å²) < 4.78 is 17.4. The summed E-state index contributed by atoms with van der Waals surface area (Å²) in [5, 5.41) is 0. The first kappa shape index (κ1) is 20.6. The fraction of sp³-hybridized carbons (Fsp3) is 0.435. The Hall–Kier alpha value is -2.11. The van der Waals surface area contributed by atoms with Gasteiger partial charge in [0.05, 0.1) is 23.9 Å². The molecule has 1 saturated heterocycles. The summed E-state index contributed by atoms with van der Waals surface area (Å²) >= 11 is 0. The van der Waals surface area contributed by atoms with Crippen molar-refractivity contribution in [3.8, 4) is 11.1 Å². The van der Waals surface area contributed by atoms with E-state index in [0.717, 1.165) is 28.6 Å². The van der Waals surface area contributed by atoms with Crippen LogP contribution in [-0.2, 0) is 20.5 Å². The maximum Gasteiger partial charge on any atom is 0.495 e. The van der Waals surface area contributed by atoms with Crippen LogP contribution in [-0.4, -0.2) is 31.4 Å². The van der Waals surface area contributed by atoms with Gasteiger partial charge in [0.2, 0.25) is 0 Å². The first-order valence-corrected chi connectivity index (χ1v) is 9.77. The van der Waals surface area contributed by atoms with Crippen LogP contribution in [0.25, 0.3) is 11.1 Å². The van der Waals surface area contributed by atoms with Crippen molar-refractivity contribution in [1.82, 2.24) is 0 Å². The van der Waals surface area contributed by atoms with Crippen LogP contribution in [0.5, 0.6) is 0 Å². The summed E-state index contributed by atoms with van der Waals surface area (Å²) in [4.78, 5) is 11.8. The third-order valence-corrected chi connectivity index (χ3v) is 5.99. The van der Waals surface area contributed by atoms with Gasteiger partial charge in [0.15, 0.2) is 0 Å². The number of hydrogen-bond acceptors (Lipinski definition) is 4. The van der Waals surface area contributed by atoms with Gasteiger partial charge in [-0.25, -0.2) is 4.79 Å². The number of aryl methyl sites for hydroxylation is 2. The molecule has 0 aliphatic carbocycles. The van der Waals surface area contributed by atoms with E-state index in [1.54, 1.807) is 6.07 Å². The Morgan fingerprint density at radius 2 is 1.68 bits per heavy atom. The van der Waals surface area contributed by atoms with Gasteiger partial charge >= 0.3 is 13.1 Å². The highest BCUT2D eigenvalue weighted by atomic mass is 16.7. The van der Waals surface area contributed by atoms with Crippen molar-refractivity contribution in [1.29, 1.82) is 0 Å². The molecule has 1 aliphatic rings. The maximum atomic E-state index is 11.8. The number of ether oxygens (including phenoxy) is 1. The van der Waals surface area contributed by atoms with E-state index in [2.05, 4.69) is 52.8 Å². The van der Waals surface area contributed by atoms with Crippen molar-refractivity contribution in [2.45, 2.75) is 59.2 Å². The van der Waals surface area contributed by atoms with E-state index in [4.69, 9.17) is 14.0 Å². The number of carbonyl (C=O) groups excluding carboxylic acids is 1. The lowest BCUT2D eigenvalue weighted by atomic mass is 9.74. The Bertz CT molecular complexity index is 885. The standard InChI is InChI=1S/C23H29BO4/c1-8-16-9-10-17(19-12-11-18(13-15(19)2)21(25)26-7)14-20(16)24-27-22(3,4)23(5,6)28-24/h9-14H,8H2,1-7H3. The minimum Gasteiger partial charge on any atom is -0.465 e. The van der Waals surface area contributed by atoms with Crippen LogP contribution in [0.2, 0.25) is 0 Å². The minimum absolute atomic E-state index is 0.325. The quantitative estimate of drug-likeness (QED) is 0.586. The van der Waals surface area contributed by atoms with Crippen LogP contribution in [0.15, 0.2) is 36.4 Å². The van der Waals surface area contributed by atoms with Gasteiger partial charge in [0.1, 0.15) is 0 Å². The minimum atomic E-state index is -0.394. The molecule has 4 nitrogen and oxygen atoms in total. The van der Waals surface area contributed by atoms with Crippen molar-refractivity contribution >= 4 is 18.6 Å². The first-order valence-electron chi connectivity index (χ1n) is 9.77. The van der Waals surface area contributed by atoms with Gasteiger partial charge in [0.25, 0.3) is 0 Å². The molecule has 5 heteroatoms. The fourth-order valence-electron chi connectivity index (χ4n) is 3.51. The molecule has 0 N–H and O–H groups in total. The van der Waals surface area contributed by atoms with Gasteiger partial charge in [0, 0.05) is 0 Å². The molecule has 1 aliphatic heterocycles. The van der Waals surface area contributed by atoms with Crippen LogP contribution in [0.4, 0.5) is 0 Å². The number of benzene rings is 2. The van der Waals surface area contributed by atoms with E-state index in [1.807, 2.05) is 19.1 Å². The summed E-state index contributed by atoms with van der Waals surface area (Å²) in [7, 11) is 1.00. The molecule has 2 aromatic carbocycles. The van der Waals surface area contributed by atoms with E-state index < -0.39 is 7.12 Å². The highest BCUT2D eigenvalue weighted by Crippen LogP contribution is 2.37. The van der Waals surface area contributed by atoms with E-state index in [9.17, 15) is 4.79 Å². The fourth-order valence-corrected chi connectivity index (χ4v) is 3.51. The first-order chi connectivity index (χ1) is 13.1. The van der Waals surface area contributed by atoms with E-state index in [1.165, 1.54) is 12.7 Å². The molecular formula is C23H29BO4. The van der Waals surface area contributed by atoms with Crippen LogP contribution < -0.4 is 5.46 Å². The second-order valence-electron chi connectivity index (χ2n) is 8.38. The monoisotopic (exact) mass is 380 g/mol. The zero-order chi connectivity index (χ0) is 20.7. The summed E-state index contributed by atoms with van der Waals surface area (Å²) in [5.74, 6) is -0.325. The SMILES string of the molecule is CCc1ccc(-c2ccc(C(=O)OC)cc2C)cc1B1OC(C)(C)C(C)(C)O1. The average Bonchev–Trinajstić information content (AvgIpc) is 2.87. The van der Waals surface area contributed by atoms with Crippen LogP contribution >= 0.6 is 0 Å². The van der Waals surface area contributed by atoms with Crippen molar-refractivity contribution in [3.05, 3.63) is 53.1 Å². The Labute approximate surface area is 168 Å². The van der Waals surface area contributed by atoms with Crippen LogP contribution in [0, 0.1) is 6.92 Å². The third-order valence-electron chi connectivity index (χ3n) is 5.99. The number of esters is 1. The smallest absolute Gasteiger partial charge is 0.465 e. The van der Waals surface area contributed by atoms with Gasteiger partial charge < -0.3 is 14.0 Å². The lowest BCUT2D eigenvalue weighted by Crippen LogP contribution is -2.41. The topological polar surface area (TPSA) is 44.8 Å². The molecule has 1 fully saturated rings. The van der Waals surface area contributed by atoms with E-state index >= 15 is 0 Å². The molecule has 1 heterocycles. The Kier molecular flexibility index (Phi) is 5.43. The van der Waals surface area contributed by atoms with Crippen molar-refractivity contribution in [3.63, 3.8) is 0 Å². The Balaban J connectivity index is 2.02. The molecule has 0 spiro atoms. The molecule has 0 amide bonds. The van der Waals surface area contributed by atoms with E-state index in [0.29, 0.717) is 5.56 Å². The predicted molar refractivity (Wildman–Crippen MR) is 113 cm³/mol. The van der Waals surface area contributed by atoms with Gasteiger partial charge in [-0.15, -0.1) is 0 Å². The van der Waals surface area contributed by atoms with Crippen LogP contribution in [0.1, 0.15) is 56.1 Å². The van der Waals surface area contributed by atoms with Crippen LogP contribution in [0.3, 0.4) is 0 Å². The third kappa shape index (κ3) is 3.61. The molecule has 0 unspecified atom stereocenters. The molecule has 2 aromatic rings. The normalized spacial score (nSPS) is 17.6. The molecule has 0 saturated carbocycles. The largest absolute Gasteiger partial charge is 0.495 e. The summed E-state index contributed by atoms with van der Waals surface area (Å²) in [6.07, 6.45) is 0.903. The number of methoxy groups -OCH3 is 1. The highest BCUT2D eigenvalue weighted by Gasteiger charge is 2.52. The second-order valence-corrected chi connectivity index (χ2v) is 8.38. The second kappa shape index (κ2) is 7.38. The zero-order valence-corrected chi connectivity index (χ0v) is 17.9. The maximum absolute atomic E-state index is 11.8. The van der Waals surface area contributed by atoms with Crippen molar-refractivity contribution in [2.24, 2.45) is 0 Å². The van der Waals surface area contributed by atoms with Gasteiger partial charge in [-0.2, -0.15) is 0 Å². The Morgan fingerprint density at radius 1 is 1.04 bits per heavy atom. The average molecular weight is 380 g/mol. The predicted octanol–water partition coefficient (Wildman–Crippen LogP) is 4.31. The molecule has 3 rings (SSSR count). The summed E-state index contributed by atoms with van der Waals surface area (Å²) in [6, 6.07) is 12.1. The number of hydrogen-bond donors (Lipinski definition) is 0. The highest BCUT2D eigenvalue weighted by molar-refractivity contribution is 6.62. The summed E-state index contributed by atoms with van der Waals surface area (Å²) in [5.41, 5.74) is 5.25. The lowest BCUT2D eigenvalue weighted by molar-refractivity contribution is 0.00578. The van der Waals surface area contributed by atoms with E-state index in [-0.39, 0.29) is 17.2 Å². The molecule has 0 atom stereocenters. The Morgan fingerprint density at radius 3 is 2.21 bits per heavy atom. The number of rotatable bonds is 4. The van der Waals surface area contributed by atoms with Gasteiger partial charge in [-0.1, -0.05) is 31.2 Å². The molecule has 0 aromatic heterocycles. The molecule has 0 radical (unpaired) electrons. The molecule has 28 heavy (non-hydrogen) atoms. The van der Waals surface area contributed by atoms with Crippen molar-refractivity contribution < 1.29 is 18.8 Å². The molecule has 148 valence electrons. The lowest BCUT2D eigenvalue weighted by Gasteiger charge is -2.32.